The fourth-order valence-corrected chi connectivity index (χ4v) is 3.51. The predicted octanol–water partition coefficient (Wildman–Crippen LogP) is 4.06. The molecule has 0 saturated carbocycles. The highest BCUT2D eigenvalue weighted by atomic mass is 16.5. The van der Waals surface area contributed by atoms with Crippen LogP contribution in [-0.4, -0.2) is 36.3 Å². The van der Waals surface area contributed by atoms with Crippen molar-refractivity contribution in [2.75, 3.05) is 30.5 Å². The summed E-state index contributed by atoms with van der Waals surface area (Å²) >= 11 is 0. The zero-order valence-corrected chi connectivity index (χ0v) is 16.1. The van der Waals surface area contributed by atoms with Crippen LogP contribution >= 0.6 is 0 Å². The molecular weight excluding hydrogens is 352 g/mol. The molecule has 2 heterocycles. The Morgan fingerprint density at radius 1 is 1.07 bits per heavy atom. The van der Waals surface area contributed by atoms with Crippen LogP contribution in [0.4, 0.5) is 17.3 Å². The first-order valence-corrected chi connectivity index (χ1v) is 9.44. The lowest BCUT2D eigenvalue weighted by atomic mass is 10.1. The summed E-state index contributed by atoms with van der Waals surface area (Å²) in [5.41, 5.74) is 2.58. The average molecular weight is 376 g/mol. The van der Waals surface area contributed by atoms with Crippen molar-refractivity contribution in [1.29, 1.82) is 0 Å². The van der Waals surface area contributed by atoms with Gasteiger partial charge in [0.2, 0.25) is 0 Å². The average Bonchev–Trinajstić information content (AvgIpc) is 3.07. The third kappa shape index (κ3) is 3.86. The Hall–Kier alpha value is -3.28. The molecule has 6 heteroatoms. The monoisotopic (exact) mass is 376 g/mol. The van der Waals surface area contributed by atoms with Crippen LogP contribution in [-0.2, 0) is 6.42 Å². The first-order valence-electron chi connectivity index (χ1n) is 9.44. The van der Waals surface area contributed by atoms with E-state index in [4.69, 9.17) is 9.47 Å². The SMILES string of the molecule is COc1ccc(OCCNc2cc(N3c4ccccc4CC3C)ncn2)cc1. The van der Waals surface area contributed by atoms with Crippen LogP contribution < -0.4 is 19.7 Å². The van der Waals surface area contributed by atoms with Gasteiger partial charge in [-0.3, -0.25) is 0 Å². The van der Waals surface area contributed by atoms with Crippen molar-refractivity contribution in [2.24, 2.45) is 0 Å². The number of ether oxygens (including phenoxy) is 2. The number of benzene rings is 2. The normalized spacial score (nSPS) is 15.2. The van der Waals surface area contributed by atoms with Gasteiger partial charge in [0.05, 0.1) is 13.7 Å². The predicted molar refractivity (Wildman–Crippen MR) is 111 cm³/mol. The molecule has 1 unspecified atom stereocenters. The maximum absolute atomic E-state index is 5.75. The standard InChI is InChI=1S/C22H24N4O2/c1-16-13-17-5-3-4-6-20(17)26(16)22-14-21(24-15-25-22)23-11-12-28-19-9-7-18(27-2)8-10-19/h3-10,14-16H,11-13H2,1-2H3,(H,23,24,25). The van der Waals surface area contributed by atoms with Crippen molar-refractivity contribution >= 4 is 17.3 Å². The van der Waals surface area contributed by atoms with Crippen LogP contribution in [0.1, 0.15) is 12.5 Å². The first kappa shape index (κ1) is 18.1. The quantitative estimate of drug-likeness (QED) is 0.628. The van der Waals surface area contributed by atoms with E-state index in [0.717, 1.165) is 29.6 Å². The fourth-order valence-electron chi connectivity index (χ4n) is 3.51. The number of rotatable bonds is 7. The lowest BCUT2D eigenvalue weighted by molar-refractivity contribution is 0.331. The Labute approximate surface area is 165 Å². The third-order valence-electron chi connectivity index (χ3n) is 4.84. The smallest absolute Gasteiger partial charge is 0.138 e. The van der Waals surface area contributed by atoms with E-state index >= 15 is 0 Å². The minimum atomic E-state index is 0.374. The number of fused-ring (bicyclic) bond motifs is 1. The molecule has 1 aromatic heterocycles. The molecule has 0 radical (unpaired) electrons. The molecule has 0 aliphatic carbocycles. The summed E-state index contributed by atoms with van der Waals surface area (Å²) in [6.07, 6.45) is 2.63. The number of hydrogen-bond acceptors (Lipinski definition) is 6. The Kier molecular flexibility index (Phi) is 5.28. The maximum atomic E-state index is 5.75. The van der Waals surface area contributed by atoms with E-state index < -0.39 is 0 Å². The molecule has 28 heavy (non-hydrogen) atoms. The zero-order valence-electron chi connectivity index (χ0n) is 16.1. The fraction of sp³-hybridized carbons (Fsp3) is 0.273. The molecule has 1 N–H and O–H groups in total. The Morgan fingerprint density at radius 2 is 1.86 bits per heavy atom. The van der Waals surface area contributed by atoms with Crippen molar-refractivity contribution in [3.63, 3.8) is 0 Å². The molecule has 2 aromatic carbocycles. The number of methoxy groups -OCH3 is 1. The van der Waals surface area contributed by atoms with E-state index in [0.29, 0.717) is 19.2 Å². The van der Waals surface area contributed by atoms with Gasteiger partial charge < -0.3 is 19.7 Å². The van der Waals surface area contributed by atoms with E-state index in [-0.39, 0.29) is 0 Å². The second-order valence-corrected chi connectivity index (χ2v) is 6.76. The van der Waals surface area contributed by atoms with Gasteiger partial charge in [0.15, 0.2) is 0 Å². The molecule has 1 aliphatic rings. The van der Waals surface area contributed by atoms with E-state index in [1.165, 1.54) is 11.3 Å². The van der Waals surface area contributed by atoms with E-state index in [1.54, 1.807) is 13.4 Å². The van der Waals surface area contributed by atoms with Crippen molar-refractivity contribution in [3.8, 4) is 11.5 Å². The summed E-state index contributed by atoms with van der Waals surface area (Å²) in [5.74, 6) is 3.33. The number of anilines is 3. The van der Waals surface area contributed by atoms with Gasteiger partial charge >= 0.3 is 0 Å². The number of hydrogen-bond donors (Lipinski definition) is 1. The van der Waals surface area contributed by atoms with Crippen LogP contribution in [0.3, 0.4) is 0 Å². The van der Waals surface area contributed by atoms with Crippen LogP contribution in [0.2, 0.25) is 0 Å². The summed E-state index contributed by atoms with van der Waals surface area (Å²) in [4.78, 5) is 11.1. The minimum absolute atomic E-state index is 0.374. The first-order chi connectivity index (χ1) is 13.7. The summed E-state index contributed by atoms with van der Waals surface area (Å²) in [5, 5.41) is 3.31. The molecule has 1 aliphatic heterocycles. The van der Waals surface area contributed by atoms with E-state index in [1.807, 2.05) is 30.3 Å². The highest BCUT2D eigenvalue weighted by Gasteiger charge is 2.27. The molecule has 0 spiro atoms. The molecule has 6 nitrogen and oxygen atoms in total. The molecule has 0 fully saturated rings. The molecule has 1 atom stereocenters. The molecule has 4 rings (SSSR count). The van der Waals surface area contributed by atoms with E-state index in [9.17, 15) is 0 Å². The van der Waals surface area contributed by atoms with Gasteiger partial charge in [0, 0.05) is 17.8 Å². The van der Waals surface area contributed by atoms with Gasteiger partial charge in [-0.1, -0.05) is 18.2 Å². The molecule has 0 amide bonds. The topological polar surface area (TPSA) is 59.5 Å². The lowest BCUT2D eigenvalue weighted by Crippen LogP contribution is -2.25. The van der Waals surface area contributed by atoms with Crippen LogP contribution in [0, 0.1) is 0 Å². The van der Waals surface area contributed by atoms with Crippen LogP contribution in [0.25, 0.3) is 0 Å². The Morgan fingerprint density at radius 3 is 2.68 bits per heavy atom. The van der Waals surface area contributed by atoms with E-state index in [2.05, 4.69) is 51.4 Å². The summed E-state index contributed by atoms with van der Waals surface area (Å²) < 4.78 is 10.9. The van der Waals surface area contributed by atoms with Crippen molar-refractivity contribution < 1.29 is 9.47 Å². The largest absolute Gasteiger partial charge is 0.497 e. The molecular formula is C22H24N4O2. The second kappa shape index (κ2) is 8.17. The van der Waals surface area contributed by atoms with Gasteiger partial charge in [-0.15, -0.1) is 0 Å². The second-order valence-electron chi connectivity index (χ2n) is 6.76. The third-order valence-corrected chi connectivity index (χ3v) is 4.84. The van der Waals surface area contributed by atoms with Gasteiger partial charge in [-0.2, -0.15) is 0 Å². The van der Waals surface area contributed by atoms with Gasteiger partial charge in [-0.25, -0.2) is 9.97 Å². The molecule has 3 aromatic rings. The summed E-state index contributed by atoms with van der Waals surface area (Å²) in [6.45, 7) is 3.40. The zero-order chi connectivity index (χ0) is 19.3. The van der Waals surface area contributed by atoms with Crippen LogP contribution in [0.15, 0.2) is 60.9 Å². The highest BCUT2D eigenvalue weighted by molar-refractivity contribution is 5.69. The molecule has 0 saturated heterocycles. The number of para-hydroxylation sites is 1. The van der Waals surface area contributed by atoms with Crippen LogP contribution in [0.5, 0.6) is 11.5 Å². The molecule has 0 bridgehead atoms. The molecule has 144 valence electrons. The number of nitrogens with one attached hydrogen (secondary N) is 1. The van der Waals surface area contributed by atoms with Crippen molar-refractivity contribution in [2.45, 2.75) is 19.4 Å². The minimum Gasteiger partial charge on any atom is -0.497 e. The lowest BCUT2D eigenvalue weighted by Gasteiger charge is -2.24. The number of nitrogens with zero attached hydrogens (tertiary/aromatic N) is 3. The Balaban J connectivity index is 1.36. The van der Waals surface area contributed by atoms with Gasteiger partial charge in [0.25, 0.3) is 0 Å². The maximum Gasteiger partial charge on any atom is 0.138 e. The van der Waals surface area contributed by atoms with Crippen molar-refractivity contribution in [3.05, 3.63) is 66.5 Å². The van der Waals surface area contributed by atoms with Gasteiger partial charge in [-0.05, 0) is 49.2 Å². The van der Waals surface area contributed by atoms with Gasteiger partial charge in [0.1, 0.15) is 36.1 Å². The summed E-state index contributed by atoms with van der Waals surface area (Å²) in [7, 11) is 1.65. The van der Waals surface area contributed by atoms with Crippen molar-refractivity contribution in [1.82, 2.24) is 9.97 Å². The number of aromatic nitrogens is 2. The summed E-state index contributed by atoms with van der Waals surface area (Å²) in [6, 6.07) is 18.4. The Bertz CT molecular complexity index is 930. The highest BCUT2D eigenvalue weighted by Crippen LogP contribution is 2.37.